The average Bonchev–Trinajstić information content (AvgIpc) is 2.63. The molecule has 0 spiro atoms. The zero-order chi connectivity index (χ0) is 21.6. The molecular formula is C18H20ClN2O7P. The van der Waals surface area contributed by atoms with Crippen LogP contribution in [0, 0.1) is 10.1 Å². The van der Waals surface area contributed by atoms with E-state index in [0.29, 0.717) is 0 Å². The fourth-order valence-electron chi connectivity index (χ4n) is 2.12. The normalized spacial score (nSPS) is 14.0. The minimum Gasteiger partial charge on any atom is -0.462 e. The molecule has 0 radical (unpaired) electrons. The second-order valence-electron chi connectivity index (χ2n) is 6.20. The minimum atomic E-state index is -4.19. The predicted octanol–water partition coefficient (Wildman–Crippen LogP) is 4.74. The van der Waals surface area contributed by atoms with Crippen molar-refractivity contribution in [3.05, 3.63) is 63.7 Å². The first kappa shape index (κ1) is 22.7. The number of rotatable bonds is 9. The Morgan fingerprint density at radius 2 is 1.79 bits per heavy atom. The van der Waals surface area contributed by atoms with Crippen LogP contribution in [-0.4, -0.2) is 23.0 Å². The number of para-hydroxylation sites is 1. The number of hydrogen-bond donors (Lipinski definition) is 1. The summed E-state index contributed by atoms with van der Waals surface area (Å²) in [6.45, 7) is 4.79. The van der Waals surface area contributed by atoms with Crippen molar-refractivity contribution >= 4 is 31.0 Å². The van der Waals surface area contributed by atoms with Crippen LogP contribution in [0.15, 0.2) is 48.5 Å². The van der Waals surface area contributed by atoms with Gasteiger partial charge >= 0.3 is 13.7 Å². The van der Waals surface area contributed by atoms with Gasteiger partial charge in [-0.25, -0.2) is 4.57 Å². The van der Waals surface area contributed by atoms with Crippen molar-refractivity contribution in [2.45, 2.75) is 32.9 Å². The molecule has 9 nitrogen and oxygen atoms in total. The zero-order valence-corrected chi connectivity index (χ0v) is 17.6. The molecule has 29 heavy (non-hydrogen) atoms. The lowest BCUT2D eigenvalue weighted by Gasteiger charge is -2.23. The van der Waals surface area contributed by atoms with Crippen molar-refractivity contribution in [3.63, 3.8) is 0 Å². The van der Waals surface area contributed by atoms with E-state index in [4.69, 9.17) is 25.4 Å². The van der Waals surface area contributed by atoms with Gasteiger partial charge in [-0.3, -0.25) is 14.9 Å². The van der Waals surface area contributed by atoms with E-state index in [-0.39, 0.29) is 28.3 Å². The van der Waals surface area contributed by atoms with Gasteiger partial charge in [0.15, 0.2) is 5.75 Å². The summed E-state index contributed by atoms with van der Waals surface area (Å²) >= 11 is 6.02. The van der Waals surface area contributed by atoms with Crippen LogP contribution < -0.4 is 14.1 Å². The van der Waals surface area contributed by atoms with Gasteiger partial charge in [0.25, 0.3) is 5.69 Å². The molecule has 11 heteroatoms. The Morgan fingerprint density at radius 3 is 2.34 bits per heavy atom. The number of nitrogens with zero attached hydrogens (tertiary/aromatic N) is 1. The highest BCUT2D eigenvalue weighted by Gasteiger charge is 2.34. The number of benzene rings is 2. The number of carbonyl (C=O) groups is 1. The van der Waals surface area contributed by atoms with E-state index < -0.39 is 24.7 Å². The molecule has 0 aliphatic rings. The monoisotopic (exact) mass is 442 g/mol. The number of nitro benzene ring substituents is 1. The maximum atomic E-state index is 13.4. The Kier molecular flexibility index (Phi) is 7.61. The molecule has 0 unspecified atom stereocenters. The van der Waals surface area contributed by atoms with Crippen molar-refractivity contribution in [2.75, 3.05) is 0 Å². The Morgan fingerprint density at radius 1 is 1.14 bits per heavy atom. The van der Waals surface area contributed by atoms with Gasteiger partial charge in [0.05, 0.1) is 16.0 Å². The molecule has 0 aliphatic heterocycles. The Bertz CT molecular complexity index is 924. The van der Waals surface area contributed by atoms with Crippen LogP contribution in [0.25, 0.3) is 0 Å². The lowest BCUT2D eigenvalue weighted by molar-refractivity contribution is -0.384. The summed E-state index contributed by atoms with van der Waals surface area (Å²) in [6.07, 6.45) is -0.369. The fourth-order valence-corrected chi connectivity index (χ4v) is 3.93. The number of carbonyl (C=O) groups excluding carboxylic acids is 1. The molecule has 2 atom stereocenters. The molecule has 0 heterocycles. The van der Waals surface area contributed by atoms with Crippen LogP contribution >= 0.6 is 19.3 Å². The van der Waals surface area contributed by atoms with Gasteiger partial charge in [-0.2, -0.15) is 5.09 Å². The van der Waals surface area contributed by atoms with E-state index >= 15 is 0 Å². The van der Waals surface area contributed by atoms with E-state index in [1.54, 1.807) is 44.2 Å². The number of nitro groups is 1. The second-order valence-corrected chi connectivity index (χ2v) is 8.23. The maximum absolute atomic E-state index is 13.4. The van der Waals surface area contributed by atoms with E-state index in [0.717, 1.165) is 12.1 Å². The standard InChI is InChI=1S/C18H20ClN2O7P/c1-12(2)26-18(22)13(3)20-29(25,27-15-7-5-4-6-8-15)28-17-10-9-14(21(23)24)11-16(17)19/h4-13H,1-3H3,(H,20,25)/t13-,29+/m0/s1. The molecule has 0 saturated carbocycles. The van der Waals surface area contributed by atoms with Gasteiger partial charge in [0.1, 0.15) is 11.8 Å². The molecule has 2 aromatic rings. The van der Waals surface area contributed by atoms with Gasteiger partial charge in [0.2, 0.25) is 0 Å². The maximum Gasteiger partial charge on any atom is 0.513 e. The third-order valence-electron chi connectivity index (χ3n) is 3.37. The predicted molar refractivity (Wildman–Crippen MR) is 107 cm³/mol. The molecular weight excluding hydrogens is 423 g/mol. The number of halogens is 1. The van der Waals surface area contributed by atoms with Crippen LogP contribution in [0.4, 0.5) is 5.69 Å². The smallest absolute Gasteiger partial charge is 0.462 e. The number of hydrogen-bond acceptors (Lipinski definition) is 7. The van der Waals surface area contributed by atoms with Crippen molar-refractivity contribution < 1.29 is 28.1 Å². The average molecular weight is 443 g/mol. The number of ether oxygens (including phenoxy) is 1. The highest BCUT2D eigenvalue weighted by molar-refractivity contribution is 7.52. The molecule has 0 bridgehead atoms. The zero-order valence-electron chi connectivity index (χ0n) is 15.9. The van der Waals surface area contributed by atoms with E-state index in [1.807, 2.05) is 0 Å². The second kappa shape index (κ2) is 9.73. The van der Waals surface area contributed by atoms with Crippen molar-refractivity contribution in [3.8, 4) is 11.5 Å². The SMILES string of the molecule is CC(C)OC(=O)[C@H](C)N[P@@](=O)(Oc1ccccc1)Oc1ccc([N+](=O)[O-])cc1Cl. The summed E-state index contributed by atoms with van der Waals surface area (Å²) in [4.78, 5) is 22.3. The Labute approximate surface area is 172 Å². The van der Waals surface area contributed by atoms with Crippen molar-refractivity contribution in [1.82, 2.24) is 5.09 Å². The van der Waals surface area contributed by atoms with Gasteiger partial charge in [0, 0.05) is 12.1 Å². The number of nitrogens with one attached hydrogen (secondary N) is 1. The number of esters is 1. The van der Waals surface area contributed by atoms with Gasteiger partial charge < -0.3 is 13.8 Å². The summed E-state index contributed by atoms with van der Waals surface area (Å²) in [5.41, 5.74) is -0.261. The van der Waals surface area contributed by atoms with E-state index in [9.17, 15) is 19.5 Å². The van der Waals surface area contributed by atoms with Gasteiger partial charge in [-0.1, -0.05) is 29.8 Å². The first-order chi connectivity index (χ1) is 13.6. The van der Waals surface area contributed by atoms with Crippen molar-refractivity contribution in [1.29, 1.82) is 0 Å². The lowest BCUT2D eigenvalue weighted by Crippen LogP contribution is -2.36. The van der Waals surface area contributed by atoms with Crippen LogP contribution in [0.3, 0.4) is 0 Å². The summed E-state index contributed by atoms with van der Waals surface area (Å²) in [5.74, 6) is -0.561. The first-order valence-corrected chi connectivity index (χ1v) is 10.5. The summed E-state index contributed by atoms with van der Waals surface area (Å²) in [7, 11) is -4.19. The molecule has 1 N–H and O–H groups in total. The van der Waals surface area contributed by atoms with Crippen LogP contribution in [0.1, 0.15) is 20.8 Å². The Balaban J connectivity index is 2.30. The highest BCUT2D eigenvalue weighted by Crippen LogP contribution is 2.47. The highest BCUT2D eigenvalue weighted by atomic mass is 35.5. The molecule has 0 amide bonds. The van der Waals surface area contributed by atoms with Gasteiger partial charge in [-0.05, 0) is 39.0 Å². The molecule has 0 aromatic heterocycles. The first-order valence-electron chi connectivity index (χ1n) is 8.56. The molecule has 0 saturated heterocycles. The molecule has 2 rings (SSSR count). The van der Waals surface area contributed by atoms with Crippen LogP contribution in [0.2, 0.25) is 5.02 Å². The molecule has 0 fully saturated rings. The minimum absolute atomic E-state index is 0.117. The summed E-state index contributed by atoms with van der Waals surface area (Å²) < 4.78 is 29.4. The van der Waals surface area contributed by atoms with Crippen LogP contribution in [-0.2, 0) is 14.1 Å². The fraction of sp³-hybridized carbons (Fsp3) is 0.278. The molecule has 0 aliphatic carbocycles. The molecule has 2 aromatic carbocycles. The topological polar surface area (TPSA) is 117 Å². The van der Waals surface area contributed by atoms with Gasteiger partial charge in [-0.15, -0.1) is 0 Å². The largest absolute Gasteiger partial charge is 0.513 e. The summed E-state index contributed by atoms with van der Waals surface area (Å²) in [5, 5.41) is 13.2. The van der Waals surface area contributed by atoms with Crippen LogP contribution in [0.5, 0.6) is 11.5 Å². The Hall–Kier alpha value is -2.61. The quantitative estimate of drug-likeness (QED) is 0.256. The van der Waals surface area contributed by atoms with Crippen molar-refractivity contribution in [2.24, 2.45) is 0 Å². The van der Waals surface area contributed by atoms with E-state index in [2.05, 4.69) is 5.09 Å². The lowest BCUT2D eigenvalue weighted by atomic mass is 10.3. The van der Waals surface area contributed by atoms with E-state index in [1.165, 1.54) is 13.0 Å². The third-order valence-corrected chi connectivity index (χ3v) is 5.26. The summed E-state index contributed by atoms with van der Waals surface area (Å²) in [6, 6.07) is 10.5. The molecule has 156 valence electrons. The number of non-ortho nitro benzene ring substituents is 1. The third kappa shape index (κ3) is 6.74.